The molecule has 1 unspecified atom stereocenters. The number of rotatable bonds is 4. The number of nitrogens with one attached hydrogen (secondary N) is 1. The van der Waals surface area contributed by atoms with Crippen LogP contribution in [0.2, 0.25) is 0 Å². The standard InChI is InChI=1S/C12H20N2/c1-9(2)8-12(14-13)11-7-5-4-6-10(11)3/h4-7,9,12,14H,8,13H2,1-3H3. The molecule has 1 aromatic carbocycles. The summed E-state index contributed by atoms with van der Waals surface area (Å²) in [5.74, 6) is 6.22. The second-order valence-corrected chi connectivity index (χ2v) is 4.21. The maximum atomic E-state index is 5.57. The van der Waals surface area contributed by atoms with Crippen molar-refractivity contribution in [1.82, 2.24) is 5.43 Å². The van der Waals surface area contributed by atoms with Crippen LogP contribution in [0.25, 0.3) is 0 Å². The highest BCUT2D eigenvalue weighted by molar-refractivity contribution is 5.28. The van der Waals surface area contributed by atoms with E-state index in [9.17, 15) is 0 Å². The van der Waals surface area contributed by atoms with Gasteiger partial charge in [0.1, 0.15) is 0 Å². The smallest absolute Gasteiger partial charge is 0.0465 e. The topological polar surface area (TPSA) is 38.0 Å². The second-order valence-electron chi connectivity index (χ2n) is 4.21. The van der Waals surface area contributed by atoms with E-state index in [1.807, 2.05) is 0 Å². The van der Waals surface area contributed by atoms with E-state index < -0.39 is 0 Å². The number of nitrogens with two attached hydrogens (primary N) is 1. The minimum Gasteiger partial charge on any atom is -0.271 e. The summed E-state index contributed by atoms with van der Waals surface area (Å²) in [6.07, 6.45) is 1.07. The molecule has 0 spiro atoms. The molecule has 0 saturated heterocycles. The number of hydrogen-bond donors (Lipinski definition) is 2. The molecule has 0 amide bonds. The third-order valence-corrected chi connectivity index (χ3v) is 2.47. The molecule has 0 bridgehead atoms. The molecule has 14 heavy (non-hydrogen) atoms. The fourth-order valence-electron chi connectivity index (χ4n) is 1.73. The minimum absolute atomic E-state index is 0.274. The predicted octanol–water partition coefficient (Wildman–Crippen LogP) is 2.55. The summed E-state index contributed by atoms with van der Waals surface area (Å²) in [6, 6.07) is 8.66. The summed E-state index contributed by atoms with van der Waals surface area (Å²) in [5, 5.41) is 0. The van der Waals surface area contributed by atoms with Crippen LogP contribution in [0.5, 0.6) is 0 Å². The van der Waals surface area contributed by atoms with Crippen molar-refractivity contribution < 1.29 is 0 Å². The average molecular weight is 192 g/mol. The fourth-order valence-corrected chi connectivity index (χ4v) is 1.73. The first-order chi connectivity index (χ1) is 6.65. The fraction of sp³-hybridized carbons (Fsp3) is 0.500. The summed E-state index contributed by atoms with van der Waals surface area (Å²) in [7, 11) is 0. The van der Waals surface area contributed by atoms with E-state index in [1.165, 1.54) is 11.1 Å². The summed E-state index contributed by atoms with van der Waals surface area (Å²) in [6.45, 7) is 6.55. The van der Waals surface area contributed by atoms with E-state index in [0.29, 0.717) is 5.92 Å². The highest BCUT2D eigenvalue weighted by Gasteiger charge is 2.12. The molecule has 0 saturated carbocycles. The molecular formula is C12H20N2. The van der Waals surface area contributed by atoms with E-state index in [-0.39, 0.29) is 6.04 Å². The van der Waals surface area contributed by atoms with Gasteiger partial charge < -0.3 is 0 Å². The Morgan fingerprint density at radius 1 is 1.29 bits per heavy atom. The van der Waals surface area contributed by atoms with Crippen LogP contribution in [0.4, 0.5) is 0 Å². The lowest BCUT2D eigenvalue weighted by atomic mass is 9.94. The van der Waals surface area contributed by atoms with Crippen molar-refractivity contribution in [3.63, 3.8) is 0 Å². The summed E-state index contributed by atoms with van der Waals surface area (Å²) < 4.78 is 0. The first-order valence-electron chi connectivity index (χ1n) is 5.16. The van der Waals surface area contributed by atoms with Crippen LogP contribution < -0.4 is 11.3 Å². The van der Waals surface area contributed by atoms with Crippen molar-refractivity contribution in [2.24, 2.45) is 11.8 Å². The van der Waals surface area contributed by atoms with Crippen molar-refractivity contribution in [3.8, 4) is 0 Å². The van der Waals surface area contributed by atoms with Crippen LogP contribution in [0.1, 0.15) is 37.4 Å². The lowest BCUT2D eigenvalue weighted by Gasteiger charge is -2.20. The summed E-state index contributed by atoms with van der Waals surface area (Å²) >= 11 is 0. The number of hydrazine groups is 1. The van der Waals surface area contributed by atoms with E-state index in [0.717, 1.165) is 6.42 Å². The molecule has 1 rings (SSSR count). The van der Waals surface area contributed by atoms with Crippen molar-refractivity contribution in [3.05, 3.63) is 35.4 Å². The third-order valence-electron chi connectivity index (χ3n) is 2.47. The maximum Gasteiger partial charge on any atom is 0.0465 e. The lowest BCUT2D eigenvalue weighted by molar-refractivity contribution is 0.437. The monoisotopic (exact) mass is 192 g/mol. The van der Waals surface area contributed by atoms with Gasteiger partial charge in [0.2, 0.25) is 0 Å². The van der Waals surface area contributed by atoms with Gasteiger partial charge in [0.05, 0.1) is 0 Å². The first-order valence-corrected chi connectivity index (χ1v) is 5.16. The Kier molecular flexibility index (Phi) is 4.11. The molecule has 0 fully saturated rings. The van der Waals surface area contributed by atoms with Crippen molar-refractivity contribution in [1.29, 1.82) is 0 Å². The van der Waals surface area contributed by atoms with Gasteiger partial charge >= 0.3 is 0 Å². The van der Waals surface area contributed by atoms with Crippen molar-refractivity contribution in [2.45, 2.75) is 33.2 Å². The zero-order valence-corrected chi connectivity index (χ0v) is 9.25. The maximum absolute atomic E-state index is 5.57. The number of hydrogen-bond acceptors (Lipinski definition) is 2. The SMILES string of the molecule is Cc1ccccc1C(CC(C)C)NN. The van der Waals surface area contributed by atoms with Crippen LogP contribution in [0.3, 0.4) is 0 Å². The molecule has 2 nitrogen and oxygen atoms in total. The Labute approximate surface area is 86.5 Å². The second kappa shape index (κ2) is 5.13. The van der Waals surface area contributed by atoms with Gasteiger partial charge in [-0.1, -0.05) is 38.1 Å². The van der Waals surface area contributed by atoms with Crippen molar-refractivity contribution >= 4 is 0 Å². The summed E-state index contributed by atoms with van der Waals surface area (Å²) in [4.78, 5) is 0. The van der Waals surface area contributed by atoms with Gasteiger partial charge in [-0.15, -0.1) is 0 Å². The molecule has 2 heteroatoms. The van der Waals surface area contributed by atoms with Crippen LogP contribution in [-0.2, 0) is 0 Å². The highest BCUT2D eigenvalue weighted by atomic mass is 15.2. The molecule has 0 aliphatic carbocycles. The highest BCUT2D eigenvalue weighted by Crippen LogP contribution is 2.22. The molecule has 78 valence electrons. The van der Waals surface area contributed by atoms with Gasteiger partial charge in [-0.2, -0.15) is 0 Å². The van der Waals surface area contributed by atoms with Crippen LogP contribution in [0, 0.1) is 12.8 Å². The molecule has 1 atom stereocenters. The van der Waals surface area contributed by atoms with Gasteiger partial charge in [-0.05, 0) is 30.4 Å². The molecular weight excluding hydrogens is 172 g/mol. The van der Waals surface area contributed by atoms with Crippen LogP contribution >= 0.6 is 0 Å². The van der Waals surface area contributed by atoms with E-state index in [4.69, 9.17) is 5.84 Å². The van der Waals surface area contributed by atoms with E-state index in [2.05, 4.69) is 50.5 Å². The Hall–Kier alpha value is -0.860. The van der Waals surface area contributed by atoms with E-state index in [1.54, 1.807) is 0 Å². The number of benzene rings is 1. The largest absolute Gasteiger partial charge is 0.271 e. The molecule has 1 aromatic rings. The van der Waals surface area contributed by atoms with Gasteiger partial charge in [0, 0.05) is 6.04 Å². The van der Waals surface area contributed by atoms with Gasteiger partial charge in [-0.25, -0.2) is 0 Å². The van der Waals surface area contributed by atoms with Crippen LogP contribution in [0.15, 0.2) is 24.3 Å². The van der Waals surface area contributed by atoms with Gasteiger partial charge in [-0.3, -0.25) is 11.3 Å². The third kappa shape index (κ3) is 2.82. The lowest BCUT2D eigenvalue weighted by Crippen LogP contribution is -2.29. The van der Waals surface area contributed by atoms with Crippen molar-refractivity contribution in [2.75, 3.05) is 0 Å². The zero-order chi connectivity index (χ0) is 10.6. The van der Waals surface area contributed by atoms with Crippen LogP contribution in [-0.4, -0.2) is 0 Å². The molecule has 0 aliphatic heterocycles. The quantitative estimate of drug-likeness (QED) is 0.568. The van der Waals surface area contributed by atoms with E-state index >= 15 is 0 Å². The van der Waals surface area contributed by atoms with Gasteiger partial charge in [0.25, 0.3) is 0 Å². The average Bonchev–Trinajstić information content (AvgIpc) is 2.15. The first kappa shape index (κ1) is 11.2. The molecule has 0 radical (unpaired) electrons. The normalized spacial score (nSPS) is 13.2. The molecule has 0 heterocycles. The Balaban J connectivity index is 2.83. The molecule has 3 N–H and O–H groups in total. The zero-order valence-electron chi connectivity index (χ0n) is 9.25. The number of aryl methyl sites for hydroxylation is 1. The molecule has 0 aliphatic rings. The Morgan fingerprint density at radius 3 is 2.43 bits per heavy atom. The van der Waals surface area contributed by atoms with Gasteiger partial charge in [0.15, 0.2) is 0 Å². The predicted molar refractivity (Wildman–Crippen MR) is 60.7 cm³/mol. The Morgan fingerprint density at radius 2 is 1.93 bits per heavy atom. The molecule has 0 aromatic heterocycles. The minimum atomic E-state index is 0.274. The summed E-state index contributed by atoms with van der Waals surface area (Å²) in [5.41, 5.74) is 5.50. The Bertz CT molecular complexity index is 281.